The number of ether oxygens (including phenoxy) is 1. The maximum atomic E-state index is 12.4. The number of halogens is 1. The molecule has 1 heterocycles. The second-order valence-corrected chi connectivity index (χ2v) is 6.52. The molecule has 2 rings (SSSR count). The molecule has 6 nitrogen and oxygen atoms in total. The maximum absolute atomic E-state index is 12.4. The van der Waals surface area contributed by atoms with Gasteiger partial charge in [-0.1, -0.05) is 11.6 Å². The molecule has 114 valence electrons. The highest BCUT2D eigenvalue weighted by Crippen LogP contribution is 2.29. The Morgan fingerprint density at radius 3 is 2.67 bits per heavy atom. The summed E-state index contributed by atoms with van der Waals surface area (Å²) in [5, 5.41) is 0.286. The summed E-state index contributed by atoms with van der Waals surface area (Å²) in [6.45, 7) is 0.256. The minimum atomic E-state index is -3.74. The van der Waals surface area contributed by atoms with Gasteiger partial charge in [0.05, 0.1) is 17.8 Å². The summed E-state index contributed by atoms with van der Waals surface area (Å²) in [5.41, 5.74) is 6.52. The molecule has 0 bridgehead atoms. The van der Waals surface area contributed by atoms with Crippen LogP contribution >= 0.6 is 11.6 Å². The van der Waals surface area contributed by atoms with Crippen molar-refractivity contribution in [3.8, 4) is 5.75 Å². The quantitative estimate of drug-likeness (QED) is 0.877. The molecule has 0 aliphatic rings. The van der Waals surface area contributed by atoms with Crippen LogP contribution in [0, 0.1) is 0 Å². The van der Waals surface area contributed by atoms with Gasteiger partial charge in [0, 0.05) is 31.5 Å². The van der Waals surface area contributed by atoms with Crippen molar-refractivity contribution >= 4 is 27.3 Å². The summed E-state index contributed by atoms with van der Waals surface area (Å²) in [6.07, 6.45) is 1.50. The second-order valence-electron chi connectivity index (χ2n) is 4.43. The summed E-state index contributed by atoms with van der Waals surface area (Å²) < 4.78 is 33.9. The zero-order chi connectivity index (χ0) is 15.6. The highest BCUT2D eigenvalue weighted by atomic mass is 35.5. The third kappa shape index (κ3) is 3.31. The zero-order valence-corrected chi connectivity index (χ0v) is 13.2. The predicted molar refractivity (Wildman–Crippen MR) is 82.1 cm³/mol. The van der Waals surface area contributed by atoms with Gasteiger partial charge in [-0.25, -0.2) is 8.42 Å². The van der Waals surface area contributed by atoms with Crippen molar-refractivity contribution in [1.29, 1.82) is 0 Å². The van der Waals surface area contributed by atoms with E-state index in [1.807, 2.05) is 0 Å². The molecule has 0 amide bonds. The summed E-state index contributed by atoms with van der Waals surface area (Å²) in [5.74, 6) is 0.507. The molecular formula is C13H16ClN3O3S. The SMILES string of the molecule is COc1ccc(Cl)c(NS(=O)(=O)c2cc(CN)n(C)c2)c1. The molecule has 0 aliphatic heterocycles. The van der Waals surface area contributed by atoms with E-state index in [1.54, 1.807) is 23.7 Å². The van der Waals surface area contributed by atoms with Crippen LogP contribution in [0.4, 0.5) is 5.69 Å². The van der Waals surface area contributed by atoms with E-state index in [0.717, 1.165) is 0 Å². The number of nitrogens with zero attached hydrogens (tertiary/aromatic N) is 1. The fraction of sp³-hybridized carbons (Fsp3) is 0.231. The highest BCUT2D eigenvalue weighted by Gasteiger charge is 2.19. The van der Waals surface area contributed by atoms with Crippen LogP contribution in [0.15, 0.2) is 35.4 Å². The van der Waals surface area contributed by atoms with Gasteiger partial charge in [-0.3, -0.25) is 4.72 Å². The van der Waals surface area contributed by atoms with Crippen LogP contribution < -0.4 is 15.2 Å². The Labute approximate surface area is 128 Å². The molecule has 0 saturated carbocycles. The van der Waals surface area contributed by atoms with Crippen molar-refractivity contribution < 1.29 is 13.2 Å². The van der Waals surface area contributed by atoms with E-state index in [0.29, 0.717) is 11.4 Å². The van der Waals surface area contributed by atoms with Crippen LogP contribution in [-0.2, 0) is 23.6 Å². The smallest absolute Gasteiger partial charge is 0.263 e. The lowest BCUT2D eigenvalue weighted by Crippen LogP contribution is -2.12. The van der Waals surface area contributed by atoms with Crippen molar-refractivity contribution in [2.75, 3.05) is 11.8 Å². The van der Waals surface area contributed by atoms with E-state index >= 15 is 0 Å². The van der Waals surface area contributed by atoms with Gasteiger partial charge in [-0.2, -0.15) is 0 Å². The molecule has 0 aliphatic carbocycles. The minimum absolute atomic E-state index is 0.129. The van der Waals surface area contributed by atoms with Gasteiger partial charge in [0.1, 0.15) is 10.6 Å². The Morgan fingerprint density at radius 1 is 1.38 bits per heavy atom. The number of aryl methyl sites for hydroxylation is 1. The molecule has 0 radical (unpaired) electrons. The van der Waals surface area contributed by atoms with Gasteiger partial charge < -0.3 is 15.0 Å². The molecule has 1 aromatic heterocycles. The average molecular weight is 330 g/mol. The number of benzene rings is 1. The lowest BCUT2D eigenvalue weighted by atomic mass is 10.3. The van der Waals surface area contributed by atoms with Crippen molar-refractivity contribution in [3.63, 3.8) is 0 Å². The standard InChI is InChI=1S/C13H16ClN3O3S/c1-17-8-11(5-9(17)7-15)21(18,19)16-13-6-10(20-2)3-4-12(13)14/h3-6,8,16H,7,15H2,1-2H3. The van der Waals surface area contributed by atoms with Gasteiger partial charge in [-0.15, -0.1) is 0 Å². The number of methoxy groups -OCH3 is 1. The summed E-state index contributed by atoms with van der Waals surface area (Å²) in [7, 11) is -0.511. The van der Waals surface area contributed by atoms with Crippen LogP contribution in [-0.4, -0.2) is 20.1 Å². The number of nitrogens with one attached hydrogen (secondary N) is 1. The Bertz CT molecular complexity index is 756. The number of aromatic nitrogens is 1. The monoisotopic (exact) mass is 329 g/mol. The molecular weight excluding hydrogens is 314 g/mol. The lowest BCUT2D eigenvalue weighted by Gasteiger charge is -2.10. The first-order valence-electron chi connectivity index (χ1n) is 6.09. The number of sulfonamides is 1. The maximum Gasteiger partial charge on any atom is 0.263 e. The highest BCUT2D eigenvalue weighted by molar-refractivity contribution is 7.92. The fourth-order valence-corrected chi connectivity index (χ4v) is 3.23. The predicted octanol–water partition coefficient (Wildman–Crippen LogP) is 1.95. The third-order valence-corrected chi connectivity index (χ3v) is 4.68. The first-order valence-corrected chi connectivity index (χ1v) is 7.95. The average Bonchev–Trinajstić information content (AvgIpc) is 2.83. The number of nitrogens with two attached hydrogens (primary N) is 1. The number of hydrogen-bond donors (Lipinski definition) is 2. The van der Waals surface area contributed by atoms with Gasteiger partial charge in [-0.05, 0) is 18.2 Å². The van der Waals surface area contributed by atoms with E-state index in [-0.39, 0.29) is 22.2 Å². The van der Waals surface area contributed by atoms with Gasteiger partial charge in [0.15, 0.2) is 0 Å². The van der Waals surface area contributed by atoms with Crippen LogP contribution in [0.3, 0.4) is 0 Å². The van der Waals surface area contributed by atoms with Crippen molar-refractivity contribution in [1.82, 2.24) is 4.57 Å². The van der Waals surface area contributed by atoms with Crippen molar-refractivity contribution in [2.24, 2.45) is 12.8 Å². The van der Waals surface area contributed by atoms with E-state index < -0.39 is 10.0 Å². The van der Waals surface area contributed by atoms with Gasteiger partial charge in [0.2, 0.25) is 0 Å². The van der Waals surface area contributed by atoms with E-state index in [9.17, 15) is 8.42 Å². The fourth-order valence-electron chi connectivity index (χ4n) is 1.84. The van der Waals surface area contributed by atoms with E-state index in [2.05, 4.69) is 4.72 Å². The van der Waals surface area contributed by atoms with Crippen LogP contribution in [0.25, 0.3) is 0 Å². The lowest BCUT2D eigenvalue weighted by molar-refractivity contribution is 0.415. The largest absolute Gasteiger partial charge is 0.497 e. The minimum Gasteiger partial charge on any atom is -0.497 e. The Morgan fingerprint density at radius 2 is 2.10 bits per heavy atom. The third-order valence-electron chi connectivity index (χ3n) is 3.02. The summed E-state index contributed by atoms with van der Waals surface area (Å²) in [6, 6.07) is 6.26. The normalized spacial score (nSPS) is 11.4. The molecule has 21 heavy (non-hydrogen) atoms. The summed E-state index contributed by atoms with van der Waals surface area (Å²) >= 11 is 6.00. The number of rotatable bonds is 5. The van der Waals surface area contributed by atoms with Gasteiger partial charge in [0.25, 0.3) is 10.0 Å². The van der Waals surface area contributed by atoms with Crippen LogP contribution in [0.1, 0.15) is 5.69 Å². The Hall–Kier alpha value is -1.70. The van der Waals surface area contributed by atoms with E-state index in [1.165, 1.54) is 25.4 Å². The first kappa shape index (κ1) is 15.7. The Kier molecular flexibility index (Phi) is 4.46. The molecule has 0 spiro atoms. The number of hydrogen-bond acceptors (Lipinski definition) is 4. The molecule has 0 saturated heterocycles. The molecule has 1 aromatic carbocycles. The first-order chi connectivity index (χ1) is 9.87. The van der Waals surface area contributed by atoms with Gasteiger partial charge >= 0.3 is 0 Å². The van der Waals surface area contributed by atoms with Crippen molar-refractivity contribution in [2.45, 2.75) is 11.4 Å². The van der Waals surface area contributed by atoms with E-state index in [4.69, 9.17) is 22.1 Å². The molecule has 3 N–H and O–H groups in total. The second kappa shape index (κ2) is 5.97. The topological polar surface area (TPSA) is 86.3 Å². The molecule has 8 heteroatoms. The zero-order valence-electron chi connectivity index (χ0n) is 11.6. The van der Waals surface area contributed by atoms with Crippen molar-refractivity contribution in [3.05, 3.63) is 41.2 Å². The molecule has 0 atom stereocenters. The Balaban J connectivity index is 2.37. The van der Waals surface area contributed by atoms with Crippen LogP contribution in [0.2, 0.25) is 5.02 Å². The number of anilines is 1. The molecule has 0 unspecified atom stereocenters. The molecule has 2 aromatic rings. The molecule has 0 fully saturated rings. The summed E-state index contributed by atoms with van der Waals surface area (Å²) in [4.78, 5) is 0.129. The van der Waals surface area contributed by atoms with Crippen LogP contribution in [0.5, 0.6) is 5.75 Å².